The second kappa shape index (κ2) is 5.90. The molecule has 1 N–H and O–H groups in total. The Morgan fingerprint density at radius 3 is 2.89 bits per heavy atom. The van der Waals surface area contributed by atoms with E-state index in [2.05, 4.69) is 0 Å². The highest BCUT2D eigenvalue weighted by Gasteiger charge is 2.34. The van der Waals surface area contributed by atoms with Gasteiger partial charge in [-0.15, -0.1) is 0 Å². The first kappa shape index (κ1) is 13.6. The van der Waals surface area contributed by atoms with Gasteiger partial charge in [0.2, 0.25) is 0 Å². The fourth-order valence-electron chi connectivity index (χ4n) is 1.64. The van der Waals surface area contributed by atoms with E-state index < -0.39 is 0 Å². The SMILES string of the molecule is COCCN1C(=O)S/C(=C/c2cccc(O)c2)C1=O. The van der Waals surface area contributed by atoms with E-state index in [-0.39, 0.29) is 23.4 Å². The standard InChI is InChI=1S/C13H13NO4S/c1-18-6-5-14-12(16)11(19-13(14)17)8-9-3-2-4-10(15)7-9/h2-4,7-8,15H,5-6H2,1H3/b11-8+. The summed E-state index contributed by atoms with van der Waals surface area (Å²) in [5.41, 5.74) is 0.678. The van der Waals surface area contributed by atoms with Crippen molar-refractivity contribution in [2.75, 3.05) is 20.3 Å². The number of hydrogen-bond acceptors (Lipinski definition) is 5. The lowest BCUT2D eigenvalue weighted by molar-refractivity contribution is -0.123. The molecule has 1 aliphatic rings. The molecule has 1 saturated heterocycles. The number of imide groups is 1. The van der Waals surface area contributed by atoms with Gasteiger partial charge in [0.1, 0.15) is 5.75 Å². The molecule has 1 aromatic carbocycles. The van der Waals surface area contributed by atoms with Crippen molar-refractivity contribution in [3.63, 3.8) is 0 Å². The van der Waals surface area contributed by atoms with Crippen molar-refractivity contribution in [3.05, 3.63) is 34.7 Å². The number of carbonyl (C=O) groups is 2. The van der Waals surface area contributed by atoms with Gasteiger partial charge >= 0.3 is 0 Å². The predicted octanol–water partition coefficient (Wildman–Crippen LogP) is 2.07. The lowest BCUT2D eigenvalue weighted by Gasteiger charge is -2.10. The minimum absolute atomic E-state index is 0.118. The maximum atomic E-state index is 12.0. The minimum atomic E-state index is -0.324. The van der Waals surface area contributed by atoms with Crippen molar-refractivity contribution < 1.29 is 19.4 Å². The van der Waals surface area contributed by atoms with Crippen molar-refractivity contribution in [2.45, 2.75) is 0 Å². The normalized spacial score (nSPS) is 17.5. The molecule has 0 saturated carbocycles. The Morgan fingerprint density at radius 2 is 2.21 bits per heavy atom. The Morgan fingerprint density at radius 1 is 1.42 bits per heavy atom. The van der Waals surface area contributed by atoms with Crippen molar-refractivity contribution in [2.24, 2.45) is 0 Å². The highest BCUT2D eigenvalue weighted by Crippen LogP contribution is 2.32. The molecule has 0 aliphatic carbocycles. The summed E-state index contributed by atoms with van der Waals surface area (Å²) in [6, 6.07) is 6.50. The molecule has 1 fully saturated rings. The molecule has 0 unspecified atom stereocenters. The average molecular weight is 279 g/mol. The summed E-state index contributed by atoms with van der Waals surface area (Å²) >= 11 is 0.894. The van der Waals surface area contributed by atoms with Crippen molar-refractivity contribution >= 4 is 29.0 Å². The molecular formula is C13H13NO4S. The summed E-state index contributed by atoms with van der Waals surface area (Å²) in [4.78, 5) is 25.2. The number of amides is 2. The molecule has 1 aliphatic heterocycles. The highest BCUT2D eigenvalue weighted by atomic mass is 32.2. The Balaban J connectivity index is 2.18. The van der Waals surface area contributed by atoms with Gasteiger partial charge in [0, 0.05) is 7.11 Å². The molecule has 0 aromatic heterocycles. The van der Waals surface area contributed by atoms with E-state index >= 15 is 0 Å². The van der Waals surface area contributed by atoms with Crippen LogP contribution in [0.2, 0.25) is 0 Å². The third-order valence-electron chi connectivity index (χ3n) is 2.56. The fraction of sp³-hybridized carbons (Fsp3) is 0.231. The van der Waals surface area contributed by atoms with E-state index in [9.17, 15) is 14.7 Å². The third kappa shape index (κ3) is 3.15. The molecule has 100 valence electrons. The van der Waals surface area contributed by atoms with Crippen LogP contribution in [0, 0.1) is 0 Å². The van der Waals surface area contributed by atoms with Crippen LogP contribution in [0.4, 0.5) is 4.79 Å². The van der Waals surface area contributed by atoms with Gasteiger partial charge in [-0.2, -0.15) is 0 Å². The monoisotopic (exact) mass is 279 g/mol. The van der Waals surface area contributed by atoms with Crippen LogP contribution in [0.25, 0.3) is 6.08 Å². The molecule has 2 rings (SSSR count). The molecule has 19 heavy (non-hydrogen) atoms. The largest absolute Gasteiger partial charge is 0.508 e. The van der Waals surface area contributed by atoms with Gasteiger partial charge in [-0.25, -0.2) is 0 Å². The molecule has 6 heteroatoms. The number of carbonyl (C=O) groups excluding carboxylic acids is 2. The lowest BCUT2D eigenvalue weighted by atomic mass is 10.2. The van der Waals surface area contributed by atoms with Crippen LogP contribution in [-0.4, -0.2) is 41.4 Å². The van der Waals surface area contributed by atoms with Crippen molar-refractivity contribution in [3.8, 4) is 5.75 Å². The second-order valence-electron chi connectivity index (χ2n) is 3.92. The van der Waals surface area contributed by atoms with E-state index in [0.29, 0.717) is 17.1 Å². The average Bonchev–Trinajstić information content (AvgIpc) is 2.62. The van der Waals surface area contributed by atoms with Gasteiger partial charge < -0.3 is 9.84 Å². The zero-order chi connectivity index (χ0) is 13.8. The van der Waals surface area contributed by atoms with Gasteiger partial charge in [0.25, 0.3) is 11.1 Å². The molecule has 1 aromatic rings. The molecule has 5 nitrogen and oxygen atoms in total. The zero-order valence-electron chi connectivity index (χ0n) is 10.3. The summed E-state index contributed by atoms with van der Waals surface area (Å²) < 4.78 is 4.86. The number of methoxy groups -OCH3 is 1. The number of aromatic hydroxyl groups is 1. The maximum Gasteiger partial charge on any atom is 0.293 e. The topological polar surface area (TPSA) is 66.8 Å². The van der Waals surface area contributed by atoms with E-state index in [0.717, 1.165) is 16.7 Å². The number of rotatable bonds is 4. The van der Waals surface area contributed by atoms with Crippen LogP contribution in [0.3, 0.4) is 0 Å². The molecule has 2 amide bonds. The van der Waals surface area contributed by atoms with Gasteiger partial charge in [0.15, 0.2) is 0 Å². The molecule has 1 heterocycles. The van der Waals surface area contributed by atoms with Crippen molar-refractivity contribution in [1.29, 1.82) is 0 Å². The fourth-order valence-corrected chi connectivity index (χ4v) is 2.51. The first-order chi connectivity index (χ1) is 9.11. The number of benzene rings is 1. The number of ether oxygens (including phenoxy) is 1. The predicted molar refractivity (Wildman–Crippen MR) is 72.7 cm³/mol. The third-order valence-corrected chi connectivity index (χ3v) is 3.47. The summed E-state index contributed by atoms with van der Waals surface area (Å²) in [6.07, 6.45) is 1.59. The smallest absolute Gasteiger partial charge is 0.293 e. The van der Waals surface area contributed by atoms with Crippen LogP contribution in [-0.2, 0) is 9.53 Å². The number of phenols is 1. The van der Waals surface area contributed by atoms with Crippen molar-refractivity contribution in [1.82, 2.24) is 4.90 Å². The Bertz CT molecular complexity index is 541. The van der Waals surface area contributed by atoms with E-state index in [4.69, 9.17) is 4.74 Å². The van der Waals surface area contributed by atoms with E-state index in [1.807, 2.05) is 0 Å². The van der Waals surface area contributed by atoms with E-state index in [1.165, 1.54) is 13.2 Å². The molecule has 0 spiro atoms. The van der Waals surface area contributed by atoms with Crippen LogP contribution < -0.4 is 0 Å². The number of nitrogens with zero attached hydrogens (tertiary/aromatic N) is 1. The van der Waals surface area contributed by atoms with Gasteiger partial charge in [-0.3, -0.25) is 14.5 Å². The highest BCUT2D eigenvalue weighted by molar-refractivity contribution is 8.18. The second-order valence-corrected chi connectivity index (χ2v) is 4.91. The van der Waals surface area contributed by atoms with Crippen LogP contribution in [0.15, 0.2) is 29.2 Å². The minimum Gasteiger partial charge on any atom is -0.508 e. The number of thioether (sulfide) groups is 1. The summed E-state index contributed by atoms with van der Waals surface area (Å²) in [5, 5.41) is 9.06. The van der Waals surface area contributed by atoms with Gasteiger partial charge in [-0.05, 0) is 35.5 Å². The Labute approximate surface area is 114 Å². The quantitative estimate of drug-likeness (QED) is 0.855. The van der Waals surface area contributed by atoms with Crippen LogP contribution in [0.1, 0.15) is 5.56 Å². The van der Waals surface area contributed by atoms with Gasteiger partial charge in [0.05, 0.1) is 18.1 Å². The van der Waals surface area contributed by atoms with Crippen LogP contribution in [0.5, 0.6) is 5.75 Å². The van der Waals surface area contributed by atoms with Gasteiger partial charge in [-0.1, -0.05) is 12.1 Å². The number of hydrogen-bond donors (Lipinski definition) is 1. The maximum absolute atomic E-state index is 12.0. The summed E-state index contributed by atoms with van der Waals surface area (Å²) in [6.45, 7) is 0.565. The molecule has 0 bridgehead atoms. The first-order valence-electron chi connectivity index (χ1n) is 5.65. The Kier molecular flexibility index (Phi) is 4.24. The first-order valence-corrected chi connectivity index (χ1v) is 6.47. The van der Waals surface area contributed by atoms with Crippen LogP contribution >= 0.6 is 11.8 Å². The molecule has 0 atom stereocenters. The molecular weight excluding hydrogens is 266 g/mol. The summed E-state index contributed by atoms with van der Waals surface area (Å²) in [7, 11) is 1.52. The molecule has 0 radical (unpaired) electrons. The van der Waals surface area contributed by atoms with E-state index in [1.54, 1.807) is 24.3 Å². The lowest BCUT2D eigenvalue weighted by Crippen LogP contribution is -2.31. The summed E-state index contributed by atoms with van der Waals surface area (Å²) in [5.74, 6) is -0.206. The Hall–Kier alpha value is -1.79. The zero-order valence-corrected chi connectivity index (χ0v) is 11.1. The number of phenolic OH excluding ortho intramolecular Hbond substituents is 1.